The van der Waals surface area contributed by atoms with Gasteiger partial charge in [-0.25, -0.2) is 8.42 Å². The van der Waals surface area contributed by atoms with Crippen molar-refractivity contribution < 1.29 is 8.42 Å². The molecule has 2 heterocycles. The van der Waals surface area contributed by atoms with Crippen LogP contribution in [0.2, 0.25) is 0 Å². The van der Waals surface area contributed by atoms with E-state index in [0.717, 1.165) is 35.9 Å². The van der Waals surface area contributed by atoms with Crippen LogP contribution in [0, 0.1) is 0 Å². The molecule has 8 heteroatoms. The van der Waals surface area contributed by atoms with Gasteiger partial charge in [0.1, 0.15) is 4.90 Å². The lowest BCUT2D eigenvalue weighted by Crippen LogP contribution is -2.37. The van der Waals surface area contributed by atoms with Crippen molar-refractivity contribution in [1.82, 2.24) is 9.62 Å². The first-order chi connectivity index (χ1) is 9.55. The van der Waals surface area contributed by atoms with Gasteiger partial charge < -0.3 is 5.32 Å². The third-order valence-corrected chi connectivity index (χ3v) is 8.11. The van der Waals surface area contributed by atoms with E-state index in [2.05, 4.69) is 28.2 Å². The fourth-order valence-electron chi connectivity index (χ4n) is 1.98. The van der Waals surface area contributed by atoms with Crippen molar-refractivity contribution >= 4 is 49.1 Å². The van der Waals surface area contributed by atoms with Gasteiger partial charge in [-0.05, 0) is 35.0 Å². The van der Waals surface area contributed by atoms with Crippen LogP contribution >= 0.6 is 39.0 Å². The highest BCUT2D eigenvalue weighted by molar-refractivity contribution is 9.11. The summed E-state index contributed by atoms with van der Waals surface area (Å²) in [4.78, 5) is 1.47. The summed E-state index contributed by atoms with van der Waals surface area (Å²) in [6, 6.07) is 1.80. The summed E-state index contributed by atoms with van der Waals surface area (Å²) in [6.07, 6.45) is 1.07. The summed E-state index contributed by atoms with van der Waals surface area (Å²) in [7, 11) is -3.35. The number of sulfonamides is 1. The van der Waals surface area contributed by atoms with Gasteiger partial charge in [0.15, 0.2) is 0 Å². The van der Waals surface area contributed by atoms with Crippen molar-refractivity contribution in [3.63, 3.8) is 0 Å². The van der Waals surface area contributed by atoms with Crippen LogP contribution in [0.5, 0.6) is 0 Å². The predicted molar refractivity (Wildman–Crippen MR) is 90.1 cm³/mol. The number of nitrogens with zero attached hydrogens (tertiary/aromatic N) is 1. The molecule has 0 radical (unpaired) electrons. The largest absolute Gasteiger partial charge is 0.312 e. The Kier molecular flexibility index (Phi) is 6.37. The minimum Gasteiger partial charge on any atom is -0.312 e. The van der Waals surface area contributed by atoms with Crippen molar-refractivity contribution in [3.8, 4) is 0 Å². The van der Waals surface area contributed by atoms with Gasteiger partial charge in [-0.1, -0.05) is 6.92 Å². The van der Waals surface area contributed by atoms with Gasteiger partial charge in [-0.2, -0.15) is 16.1 Å². The Balaban J connectivity index is 2.14. The molecular formula is C12H19BrN2O2S3. The zero-order chi connectivity index (χ0) is 14.6. The van der Waals surface area contributed by atoms with Crippen molar-refractivity contribution in [2.24, 2.45) is 0 Å². The molecule has 1 saturated heterocycles. The molecule has 1 aliphatic rings. The molecule has 4 nitrogen and oxygen atoms in total. The predicted octanol–water partition coefficient (Wildman–Crippen LogP) is 2.75. The number of hydrogen-bond donors (Lipinski definition) is 1. The molecule has 1 aromatic heterocycles. The summed E-state index contributed by atoms with van der Waals surface area (Å²) in [5.74, 6) is 1.76. The quantitative estimate of drug-likeness (QED) is 0.748. The third kappa shape index (κ3) is 3.98. The van der Waals surface area contributed by atoms with Crippen molar-refractivity contribution in [2.45, 2.75) is 24.8 Å². The van der Waals surface area contributed by atoms with Gasteiger partial charge >= 0.3 is 0 Å². The minimum atomic E-state index is -3.35. The highest BCUT2D eigenvalue weighted by Crippen LogP contribution is 2.34. The zero-order valence-electron chi connectivity index (χ0n) is 11.4. The Hall–Kier alpha value is 0.400. The van der Waals surface area contributed by atoms with E-state index < -0.39 is 10.0 Å². The Labute approximate surface area is 137 Å². The molecular weight excluding hydrogens is 380 g/mol. The fraction of sp³-hybridized carbons (Fsp3) is 0.667. The molecule has 1 aromatic rings. The first-order valence-corrected chi connectivity index (χ1v) is 10.8. The van der Waals surface area contributed by atoms with Crippen LogP contribution in [-0.4, -0.2) is 43.9 Å². The van der Waals surface area contributed by atoms with Crippen LogP contribution in [0.1, 0.15) is 18.2 Å². The summed E-state index contributed by atoms with van der Waals surface area (Å²) < 4.78 is 27.6. The second kappa shape index (κ2) is 7.60. The molecule has 1 fully saturated rings. The Morgan fingerprint density at radius 2 is 2.10 bits per heavy atom. The Morgan fingerprint density at radius 3 is 2.75 bits per heavy atom. The van der Waals surface area contributed by atoms with E-state index in [1.54, 1.807) is 10.4 Å². The summed E-state index contributed by atoms with van der Waals surface area (Å²) >= 11 is 6.71. The maximum atomic E-state index is 12.6. The Morgan fingerprint density at radius 1 is 1.40 bits per heavy atom. The van der Waals surface area contributed by atoms with Gasteiger partial charge in [0, 0.05) is 36.0 Å². The Bertz CT molecular complexity index is 539. The molecule has 114 valence electrons. The normalized spacial score (nSPS) is 17.5. The molecule has 0 spiro atoms. The zero-order valence-corrected chi connectivity index (χ0v) is 15.4. The molecule has 0 unspecified atom stereocenters. The number of nitrogens with one attached hydrogen (secondary N) is 1. The maximum Gasteiger partial charge on any atom is 0.245 e. The molecule has 2 rings (SSSR count). The second-order valence-electron chi connectivity index (χ2n) is 4.54. The standard InChI is InChI=1S/C12H19BrN2O2S3/c1-2-3-14-9-10-8-11(12(13)19-10)20(16,17)15-4-6-18-7-5-15/h8,14H,2-7,9H2,1H3. The van der Waals surface area contributed by atoms with Gasteiger partial charge in [0.05, 0.1) is 3.79 Å². The highest BCUT2D eigenvalue weighted by atomic mass is 79.9. The van der Waals surface area contributed by atoms with Crippen LogP contribution in [-0.2, 0) is 16.6 Å². The number of thiophene rings is 1. The lowest BCUT2D eigenvalue weighted by atomic mass is 10.4. The molecule has 20 heavy (non-hydrogen) atoms. The molecule has 1 N–H and O–H groups in total. The summed E-state index contributed by atoms with van der Waals surface area (Å²) in [5.41, 5.74) is 0. The maximum absolute atomic E-state index is 12.6. The average Bonchev–Trinajstić information content (AvgIpc) is 2.82. The number of hydrogen-bond acceptors (Lipinski definition) is 5. The molecule has 0 aliphatic carbocycles. The number of thioether (sulfide) groups is 1. The van der Waals surface area contributed by atoms with E-state index in [1.807, 2.05) is 11.8 Å². The lowest BCUT2D eigenvalue weighted by Gasteiger charge is -2.25. The van der Waals surface area contributed by atoms with Crippen molar-refractivity contribution in [1.29, 1.82) is 0 Å². The van der Waals surface area contributed by atoms with Crippen molar-refractivity contribution in [2.75, 3.05) is 31.1 Å². The van der Waals surface area contributed by atoms with E-state index >= 15 is 0 Å². The average molecular weight is 399 g/mol. The van der Waals surface area contributed by atoms with Crippen LogP contribution in [0.15, 0.2) is 14.7 Å². The second-order valence-corrected chi connectivity index (χ2v) is 10.1. The smallest absolute Gasteiger partial charge is 0.245 e. The van der Waals surface area contributed by atoms with Crippen LogP contribution in [0.25, 0.3) is 0 Å². The van der Waals surface area contributed by atoms with Gasteiger partial charge in [-0.15, -0.1) is 11.3 Å². The molecule has 0 saturated carbocycles. The first-order valence-electron chi connectivity index (χ1n) is 6.62. The fourth-order valence-corrected chi connectivity index (χ4v) is 7.15. The van der Waals surface area contributed by atoms with Gasteiger partial charge in [0.2, 0.25) is 10.0 Å². The molecule has 1 aliphatic heterocycles. The van der Waals surface area contributed by atoms with Crippen LogP contribution < -0.4 is 5.32 Å². The van der Waals surface area contributed by atoms with E-state index in [4.69, 9.17) is 0 Å². The van der Waals surface area contributed by atoms with Crippen molar-refractivity contribution in [3.05, 3.63) is 14.7 Å². The monoisotopic (exact) mass is 398 g/mol. The summed E-state index contributed by atoms with van der Waals surface area (Å²) in [5, 5.41) is 3.30. The first kappa shape index (κ1) is 16.8. The van der Waals surface area contributed by atoms with Crippen LogP contribution in [0.3, 0.4) is 0 Å². The van der Waals surface area contributed by atoms with E-state index in [0.29, 0.717) is 21.8 Å². The van der Waals surface area contributed by atoms with E-state index in [1.165, 1.54) is 11.3 Å². The molecule has 0 amide bonds. The SMILES string of the molecule is CCCNCc1cc(S(=O)(=O)N2CCSCC2)c(Br)s1. The lowest BCUT2D eigenvalue weighted by molar-refractivity contribution is 0.443. The molecule has 0 aromatic carbocycles. The third-order valence-electron chi connectivity index (χ3n) is 3.02. The minimum absolute atomic E-state index is 0.419. The van der Waals surface area contributed by atoms with E-state index in [-0.39, 0.29) is 0 Å². The van der Waals surface area contributed by atoms with Gasteiger partial charge in [-0.3, -0.25) is 0 Å². The molecule has 0 atom stereocenters. The van der Waals surface area contributed by atoms with Gasteiger partial charge in [0.25, 0.3) is 0 Å². The number of halogens is 1. The number of rotatable bonds is 6. The van der Waals surface area contributed by atoms with E-state index in [9.17, 15) is 8.42 Å². The van der Waals surface area contributed by atoms with Crippen LogP contribution in [0.4, 0.5) is 0 Å². The molecule has 0 bridgehead atoms. The summed E-state index contributed by atoms with van der Waals surface area (Å²) in [6.45, 7) is 5.00. The highest BCUT2D eigenvalue weighted by Gasteiger charge is 2.29. The topological polar surface area (TPSA) is 49.4 Å².